The molecule has 0 aromatic carbocycles. The molecular weight excluding hydrogens is 730 g/mol. The van der Waals surface area contributed by atoms with E-state index >= 15 is 0 Å². The highest BCUT2D eigenvalue weighted by Crippen LogP contribution is 2.66. The van der Waals surface area contributed by atoms with Crippen molar-refractivity contribution in [3.63, 3.8) is 0 Å². The summed E-state index contributed by atoms with van der Waals surface area (Å²) in [6.45, 7) is 1.27. The van der Waals surface area contributed by atoms with Gasteiger partial charge in [-0.3, -0.25) is 14.3 Å². The summed E-state index contributed by atoms with van der Waals surface area (Å²) in [5.74, 6) is -1.89. The molecule has 6 rings (SSSR count). The fourth-order valence-corrected chi connectivity index (χ4v) is 6.86. The SMILES string of the molecule is Cc1ncc(-c2cc(C(F)(F)F)nn2CC(C)(C)NC(=O)[C@@H](Cc2cnn(C(F)F)c2)N2CCC3(CC3c3ccc(Cl)nc3C(F)(F)F)C2=O)cn1. The molecule has 1 saturated carbocycles. The highest BCUT2D eigenvalue weighted by atomic mass is 35.5. The smallest absolute Gasteiger partial charge is 0.348 e. The molecule has 2 aliphatic rings. The minimum absolute atomic E-state index is 0.0111. The number of carbonyl (C=O) groups excluding carboxylic acids is 2. The molecule has 5 heterocycles. The molecule has 2 amide bonds. The van der Waals surface area contributed by atoms with Crippen LogP contribution in [0.2, 0.25) is 5.15 Å². The standard InChI is InChI=1S/C32H30ClF8N9O2/c1-16-42-12-18(13-43-16)21-9-23(31(36,37)38)47-50(21)15-29(2,3)46-26(51)22(8-17-11-44-49(14-17)28(34)35)48-7-6-30(27(48)52)10-20(30)19-4-5-24(33)45-25(19)32(39,40)41/h4-5,9,11-14,20,22,28H,6-8,10,15H2,1-3H3,(H,46,51)/t20?,22-,30?/m1/s1. The van der Waals surface area contributed by atoms with Gasteiger partial charge in [0.15, 0.2) is 5.69 Å². The molecule has 0 radical (unpaired) electrons. The fraction of sp³-hybridized carbons (Fsp3) is 0.469. The van der Waals surface area contributed by atoms with Crippen molar-refractivity contribution in [2.24, 2.45) is 5.41 Å². The lowest BCUT2D eigenvalue weighted by atomic mass is 9.96. The number of amides is 2. The van der Waals surface area contributed by atoms with Crippen LogP contribution in [0.25, 0.3) is 11.3 Å². The van der Waals surface area contributed by atoms with E-state index in [0.29, 0.717) is 10.5 Å². The van der Waals surface area contributed by atoms with Crippen molar-refractivity contribution >= 4 is 23.4 Å². The predicted octanol–water partition coefficient (Wildman–Crippen LogP) is 6.24. The third-order valence-electron chi connectivity index (χ3n) is 9.21. The van der Waals surface area contributed by atoms with E-state index < -0.39 is 65.0 Å². The van der Waals surface area contributed by atoms with Gasteiger partial charge >= 0.3 is 18.9 Å². The van der Waals surface area contributed by atoms with E-state index in [1.807, 2.05) is 0 Å². The molecule has 2 unspecified atom stereocenters. The minimum atomic E-state index is -4.86. The van der Waals surface area contributed by atoms with Crippen LogP contribution in [-0.4, -0.2) is 69.4 Å². The number of aromatic nitrogens is 7. The van der Waals surface area contributed by atoms with Crippen molar-refractivity contribution in [3.8, 4) is 11.3 Å². The van der Waals surface area contributed by atoms with Crippen LogP contribution in [-0.2, 0) is 34.9 Å². The van der Waals surface area contributed by atoms with E-state index in [0.717, 1.165) is 23.1 Å². The summed E-state index contributed by atoms with van der Waals surface area (Å²) < 4.78 is 111. The Bertz CT molecular complexity index is 1990. The maximum Gasteiger partial charge on any atom is 0.435 e. The molecule has 1 spiro atoms. The summed E-state index contributed by atoms with van der Waals surface area (Å²) in [7, 11) is 0. The van der Waals surface area contributed by atoms with Crippen LogP contribution in [0.4, 0.5) is 35.1 Å². The van der Waals surface area contributed by atoms with Crippen LogP contribution >= 0.6 is 11.6 Å². The normalized spacial score (nSPS) is 19.9. The summed E-state index contributed by atoms with van der Waals surface area (Å²) in [6.07, 6.45) is -5.07. The third kappa shape index (κ3) is 7.31. The second kappa shape index (κ2) is 13.1. The first-order valence-corrected chi connectivity index (χ1v) is 16.2. The molecule has 2 fully saturated rings. The van der Waals surface area contributed by atoms with Crippen molar-refractivity contribution in [3.05, 3.63) is 76.5 Å². The number of nitrogens with one attached hydrogen (secondary N) is 1. The van der Waals surface area contributed by atoms with Gasteiger partial charge in [-0.05, 0) is 56.9 Å². The average molecular weight is 760 g/mol. The lowest BCUT2D eigenvalue weighted by molar-refractivity contribution is -0.143. The summed E-state index contributed by atoms with van der Waals surface area (Å²) in [6, 6.07) is 1.84. The summed E-state index contributed by atoms with van der Waals surface area (Å²) in [5, 5.41) is 9.71. The molecule has 278 valence electrons. The number of hydrogen-bond donors (Lipinski definition) is 1. The number of likely N-dealkylation sites (tertiary alicyclic amines) is 1. The first-order chi connectivity index (χ1) is 24.2. The maximum atomic E-state index is 14.1. The van der Waals surface area contributed by atoms with Gasteiger partial charge in [0, 0.05) is 43.0 Å². The van der Waals surface area contributed by atoms with Gasteiger partial charge in [-0.1, -0.05) is 17.7 Å². The topological polar surface area (TPSA) is 124 Å². The van der Waals surface area contributed by atoms with Crippen molar-refractivity contribution in [1.82, 2.24) is 44.7 Å². The van der Waals surface area contributed by atoms with Gasteiger partial charge in [0.25, 0.3) is 0 Å². The monoisotopic (exact) mass is 759 g/mol. The molecule has 11 nitrogen and oxygen atoms in total. The van der Waals surface area contributed by atoms with Gasteiger partial charge < -0.3 is 10.2 Å². The van der Waals surface area contributed by atoms with Gasteiger partial charge in [-0.2, -0.15) is 45.3 Å². The number of aryl methyl sites for hydroxylation is 1. The molecule has 1 saturated heterocycles. The number of hydrogen-bond acceptors (Lipinski definition) is 7. The highest BCUT2D eigenvalue weighted by molar-refractivity contribution is 6.29. The number of pyridine rings is 1. The van der Waals surface area contributed by atoms with Crippen molar-refractivity contribution < 1.29 is 44.7 Å². The van der Waals surface area contributed by atoms with Crippen molar-refractivity contribution in [2.75, 3.05) is 6.54 Å². The zero-order valence-electron chi connectivity index (χ0n) is 27.6. The third-order valence-corrected chi connectivity index (χ3v) is 9.42. The second-order valence-corrected chi connectivity index (χ2v) is 13.9. The lowest BCUT2D eigenvalue weighted by Crippen LogP contribution is -2.56. The van der Waals surface area contributed by atoms with Crippen LogP contribution in [0, 0.1) is 12.3 Å². The minimum Gasteiger partial charge on any atom is -0.348 e. The number of nitrogens with zero attached hydrogens (tertiary/aromatic N) is 8. The molecular formula is C32H30ClF8N9O2. The quantitative estimate of drug-likeness (QED) is 0.150. The molecule has 0 bridgehead atoms. The van der Waals surface area contributed by atoms with Gasteiger partial charge in [0.1, 0.15) is 22.7 Å². The molecule has 1 aliphatic heterocycles. The average Bonchev–Trinajstić information content (AvgIpc) is 3.30. The Kier molecular flexibility index (Phi) is 9.32. The van der Waals surface area contributed by atoms with Crippen LogP contribution in [0.3, 0.4) is 0 Å². The largest absolute Gasteiger partial charge is 0.435 e. The van der Waals surface area contributed by atoms with E-state index in [1.165, 1.54) is 43.3 Å². The Morgan fingerprint density at radius 3 is 2.38 bits per heavy atom. The van der Waals surface area contributed by atoms with Crippen LogP contribution in [0.15, 0.2) is 43.0 Å². The Morgan fingerprint density at radius 2 is 1.77 bits per heavy atom. The maximum absolute atomic E-state index is 14.1. The molecule has 4 aromatic heterocycles. The summed E-state index contributed by atoms with van der Waals surface area (Å²) in [4.78, 5) is 40.9. The van der Waals surface area contributed by atoms with E-state index in [9.17, 15) is 44.7 Å². The van der Waals surface area contributed by atoms with E-state index in [1.54, 1.807) is 6.92 Å². The van der Waals surface area contributed by atoms with E-state index in [4.69, 9.17) is 11.6 Å². The summed E-state index contributed by atoms with van der Waals surface area (Å²) >= 11 is 5.75. The van der Waals surface area contributed by atoms with Gasteiger partial charge in [-0.15, -0.1) is 0 Å². The second-order valence-electron chi connectivity index (χ2n) is 13.5. The van der Waals surface area contributed by atoms with Crippen LogP contribution in [0.1, 0.15) is 67.5 Å². The first kappa shape index (κ1) is 37.1. The zero-order valence-corrected chi connectivity index (χ0v) is 28.4. The number of rotatable bonds is 10. The number of carbonyl (C=O) groups is 2. The highest BCUT2D eigenvalue weighted by Gasteiger charge is 2.66. The first-order valence-electron chi connectivity index (χ1n) is 15.8. The number of halogens is 9. The Morgan fingerprint density at radius 1 is 1.08 bits per heavy atom. The summed E-state index contributed by atoms with van der Waals surface area (Å²) in [5.41, 5.74) is -4.84. The van der Waals surface area contributed by atoms with Crippen LogP contribution < -0.4 is 5.32 Å². The van der Waals surface area contributed by atoms with Crippen LogP contribution in [0.5, 0.6) is 0 Å². The van der Waals surface area contributed by atoms with Gasteiger partial charge in [-0.25, -0.2) is 19.6 Å². The van der Waals surface area contributed by atoms with Crippen molar-refractivity contribution in [1.29, 1.82) is 0 Å². The van der Waals surface area contributed by atoms with Gasteiger partial charge in [0.05, 0.1) is 29.4 Å². The zero-order chi connectivity index (χ0) is 38.0. The molecule has 52 heavy (non-hydrogen) atoms. The Labute approximate surface area is 295 Å². The molecule has 3 atom stereocenters. The van der Waals surface area contributed by atoms with E-state index in [2.05, 4.69) is 30.5 Å². The van der Waals surface area contributed by atoms with E-state index in [-0.39, 0.29) is 59.9 Å². The van der Waals surface area contributed by atoms with Crippen molar-refractivity contribution in [2.45, 2.75) is 83.0 Å². The Hall–Kier alpha value is -4.68. The Balaban J connectivity index is 1.28. The number of alkyl halides is 8. The molecule has 20 heteroatoms. The van der Waals surface area contributed by atoms with Gasteiger partial charge in [0.2, 0.25) is 11.8 Å². The molecule has 1 aliphatic carbocycles. The molecule has 1 N–H and O–H groups in total. The fourth-order valence-electron chi connectivity index (χ4n) is 6.71. The molecule has 4 aromatic rings. The predicted molar refractivity (Wildman–Crippen MR) is 167 cm³/mol. The lowest BCUT2D eigenvalue weighted by Gasteiger charge is -2.33.